The van der Waals surface area contributed by atoms with Crippen LogP contribution in [0.3, 0.4) is 0 Å². The third kappa shape index (κ3) is 5.00. The second-order valence-corrected chi connectivity index (χ2v) is 6.08. The third-order valence-electron chi connectivity index (χ3n) is 3.55. The average molecular weight is 306 g/mol. The fourth-order valence-corrected chi connectivity index (χ4v) is 2.33. The van der Waals surface area contributed by atoms with Crippen LogP contribution in [-0.2, 0) is 16.1 Å². The number of carbonyl (C=O) groups excluding carboxylic acids is 1. The van der Waals surface area contributed by atoms with Gasteiger partial charge in [0.15, 0.2) is 0 Å². The Kier molecular flexibility index (Phi) is 6.21. The minimum absolute atomic E-state index is 0.0271. The van der Waals surface area contributed by atoms with E-state index in [1.165, 1.54) is 0 Å². The van der Waals surface area contributed by atoms with Gasteiger partial charge in [0.25, 0.3) is 0 Å². The molecule has 0 unspecified atom stereocenters. The van der Waals surface area contributed by atoms with Crippen LogP contribution < -0.4 is 15.4 Å². The second kappa shape index (κ2) is 8.15. The lowest BCUT2D eigenvalue weighted by Gasteiger charge is -2.29. The summed E-state index contributed by atoms with van der Waals surface area (Å²) in [6, 6.07) is 7.55. The summed E-state index contributed by atoms with van der Waals surface area (Å²) in [5.74, 6) is 1.30. The van der Waals surface area contributed by atoms with Gasteiger partial charge in [0.1, 0.15) is 11.8 Å². The maximum atomic E-state index is 12.2. The molecule has 0 aromatic heterocycles. The molecule has 1 aliphatic rings. The summed E-state index contributed by atoms with van der Waals surface area (Å²) in [6.07, 6.45) is -0.102. The molecule has 2 N–H and O–H groups in total. The molecule has 1 heterocycles. The van der Waals surface area contributed by atoms with Crippen molar-refractivity contribution in [1.29, 1.82) is 0 Å². The highest BCUT2D eigenvalue weighted by Gasteiger charge is 2.27. The molecule has 22 heavy (non-hydrogen) atoms. The van der Waals surface area contributed by atoms with Gasteiger partial charge in [0.2, 0.25) is 5.91 Å². The summed E-state index contributed by atoms with van der Waals surface area (Å²) in [4.78, 5) is 12.2. The SMILES string of the molecule is CC(C)COc1cccc(CNC(=O)[C@H]2NCCO[C@@H]2C)c1. The highest BCUT2D eigenvalue weighted by Crippen LogP contribution is 2.14. The first-order chi connectivity index (χ1) is 10.6. The van der Waals surface area contributed by atoms with Gasteiger partial charge < -0.3 is 20.1 Å². The van der Waals surface area contributed by atoms with Crippen LogP contribution in [0.1, 0.15) is 26.3 Å². The molecule has 1 aromatic carbocycles. The normalized spacial score (nSPS) is 21.6. The zero-order valence-corrected chi connectivity index (χ0v) is 13.6. The minimum atomic E-state index is -0.283. The third-order valence-corrected chi connectivity index (χ3v) is 3.55. The van der Waals surface area contributed by atoms with E-state index in [1.54, 1.807) is 0 Å². The predicted molar refractivity (Wildman–Crippen MR) is 85.8 cm³/mol. The molecule has 2 rings (SSSR count). The molecule has 1 aromatic rings. The highest BCUT2D eigenvalue weighted by molar-refractivity contribution is 5.82. The van der Waals surface area contributed by atoms with Crippen molar-refractivity contribution in [2.75, 3.05) is 19.8 Å². The lowest BCUT2D eigenvalue weighted by Crippen LogP contribution is -2.55. The van der Waals surface area contributed by atoms with Gasteiger partial charge in [-0.1, -0.05) is 26.0 Å². The Morgan fingerprint density at radius 2 is 2.32 bits per heavy atom. The number of nitrogens with one attached hydrogen (secondary N) is 2. The molecular weight excluding hydrogens is 280 g/mol. The standard InChI is InChI=1S/C17H26N2O3/c1-12(2)11-22-15-6-4-5-14(9-15)10-19-17(20)16-13(3)21-8-7-18-16/h4-6,9,12-13,16,18H,7-8,10-11H2,1-3H3,(H,19,20)/t13-,16+/m1/s1. The zero-order valence-electron chi connectivity index (χ0n) is 13.6. The van der Waals surface area contributed by atoms with Gasteiger partial charge in [-0.05, 0) is 30.5 Å². The van der Waals surface area contributed by atoms with E-state index in [0.717, 1.165) is 11.3 Å². The van der Waals surface area contributed by atoms with E-state index in [2.05, 4.69) is 24.5 Å². The van der Waals surface area contributed by atoms with Gasteiger partial charge in [-0.3, -0.25) is 4.79 Å². The summed E-state index contributed by atoms with van der Waals surface area (Å²) in [5.41, 5.74) is 1.03. The fourth-order valence-electron chi connectivity index (χ4n) is 2.33. The van der Waals surface area contributed by atoms with Gasteiger partial charge in [0, 0.05) is 13.1 Å². The zero-order chi connectivity index (χ0) is 15.9. The van der Waals surface area contributed by atoms with Crippen LogP contribution >= 0.6 is 0 Å². The van der Waals surface area contributed by atoms with E-state index in [0.29, 0.717) is 32.2 Å². The average Bonchev–Trinajstić information content (AvgIpc) is 2.51. The number of hydrogen-bond donors (Lipinski definition) is 2. The Labute approximate surface area is 132 Å². The number of carbonyl (C=O) groups is 1. The van der Waals surface area contributed by atoms with E-state index in [-0.39, 0.29) is 18.1 Å². The molecule has 1 fully saturated rings. The Morgan fingerprint density at radius 1 is 1.50 bits per heavy atom. The maximum absolute atomic E-state index is 12.2. The molecule has 0 radical (unpaired) electrons. The Hall–Kier alpha value is -1.59. The molecule has 1 aliphatic heterocycles. The molecule has 1 saturated heterocycles. The molecule has 0 spiro atoms. The van der Waals surface area contributed by atoms with Crippen LogP contribution in [0.2, 0.25) is 0 Å². The topological polar surface area (TPSA) is 59.6 Å². The van der Waals surface area contributed by atoms with E-state index >= 15 is 0 Å². The summed E-state index contributed by atoms with van der Waals surface area (Å²) >= 11 is 0. The fraction of sp³-hybridized carbons (Fsp3) is 0.588. The Morgan fingerprint density at radius 3 is 3.05 bits per heavy atom. The first kappa shape index (κ1) is 16.8. The smallest absolute Gasteiger partial charge is 0.240 e. The second-order valence-electron chi connectivity index (χ2n) is 6.08. The molecule has 2 atom stereocenters. The monoisotopic (exact) mass is 306 g/mol. The van der Waals surface area contributed by atoms with Crippen molar-refractivity contribution in [3.8, 4) is 5.75 Å². The van der Waals surface area contributed by atoms with E-state index in [4.69, 9.17) is 9.47 Å². The minimum Gasteiger partial charge on any atom is -0.493 e. The van der Waals surface area contributed by atoms with Crippen molar-refractivity contribution in [3.63, 3.8) is 0 Å². The number of rotatable bonds is 6. The summed E-state index contributed by atoms with van der Waals surface area (Å²) in [6.45, 7) is 8.69. The summed E-state index contributed by atoms with van der Waals surface area (Å²) < 4.78 is 11.2. The number of benzene rings is 1. The Bertz CT molecular complexity index is 491. The number of morpholine rings is 1. The van der Waals surface area contributed by atoms with Crippen LogP contribution in [0.5, 0.6) is 5.75 Å². The van der Waals surface area contributed by atoms with Crippen molar-refractivity contribution in [1.82, 2.24) is 10.6 Å². The molecule has 0 bridgehead atoms. The molecule has 5 nitrogen and oxygen atoms in total. The van der Waals surface area contributed by atoms with Crippen LogP contribution in [0.4, 0.5) is 0 Å². The van der Waals surface area contributed by atoms with Gasteiger partial charge in [-0.15, -0.1) is 0 Å². The van der Waals surface area contributed by atoms with Gasteiger partial charge in [-0.2, -0.15) is 0 Å². The Balaban J connectivity index is 1.85. The predicted octanol–water partition coefficient (Wildman–Crippen LogP) is 1.71. The van der Waals surface area contributed by atoms with E-state index in [9.17, 15) is 4.79 Å². The van der Waals surface area contributed by atoms with E-state index in [1.807, 2.05) is 31.2 Å². The molecule has 122 valence electrons. The van der Waals surface area contributed by atoms with Crippen LogP contribution in [-0.4, -0.2) is 37.8 Å². The highest BCUT2D eigenvalue weighted by atomic mass is 16.5. The lowest BCUT2D eigenvalue weighted by atomic mass is 10.1. The lowest BCUT2D eigenvalue weighted by molar-refractivity contribution is -0.129. The van der Waals surface area contributed by atoms with Crippen molar-refractivity contribution in [2.45, 2.75) is 39.5 Å². The maximum Gasteiger partial charge on any atom is 0.240 e. The van der Waals surface area contributed by atoms with Gasteiger partial charge >= 0.3 is 0 Å². The largest absolute Gasteiger partial charge is 0.493 e. The quantitative estimate of drug-likeness (QED) is 0.840. The number of amides is 1. The van der Waals surface area contributed by atoms with Crippen molar-refractivity contribution >= 4 is 5.91 Å². The number of ether oxygens (including phenoxy) is 2. The molecule has 0 saturated carbocycles. The van der Waals surface area contributed by atoms with Gasteiger partial charge in [-0.25, -0.2) is 0 Å². The van der Waals surface area contributed by atoms with Crippen molar-refractivity contribution in [2.24, 2.45) is 5.92 Å². The van der Waals surface area contributed by atoms with E-state index < -0.39 is 0 Å². The number of hydrogen-bond acceptors (Lipinski definition) is 4. The molecular formula is C17H26N2O3. The van der Waals surface area contributed by atoms with Crippen LogP contribution in [0.25, 0.3) is 0 Å². The van der Waals surface area contributed by atoms with Gasteiger partial charge in [0.05, 0.1) is 19.3 Å². The molecule has 0 aliphatic carbocycles. The summed E-state index contributed by atoms with van der Waals surface area (Å²) in [5, 5.41) is 6.14. The first-order valence-electron chi connectivity index (χ1n) is 7.90. The molecule has 5 heteroatoms. The molecule has 1 amide bonds. The first-order valence-corrected chi connectivity index (χ1v) is 7.90. The van der Waals surface area contributed by atoms with Crippen molar-refractivity contribution in [3.05, 3.63) is 29.8 Å². The summed E-state index contributed by atoms with van der Waals surface area (Å²) in [7, 11) is 0. The van der Waals surface area contributed by atoms with Crippen LogP contribution in [0, 0.1) is 5.92 Å². The van der Waals surface area contributed by atoms with Crippen LogP contribution in [0.15, 0.2) is 24.3 Å². The van der Waals surface area contributed by atoms with Crippen molar-refractivity contribution < 1.29 is 14.3 Å².